The number of benzene rings is 4. The summed E-state index contributed by atoms with van der Waals surface area (Å²) >= 11 is 8.76. The Morgan fingerprint density at radius 3 is 0.710 bits per heavy atom. The molecule has 0 spiro atoms. The van der Waals surface area contributed by atoms with E-state index in [-0.39, 0.29) is 0 Å². The van der Waals surface area contributed by atoms with Gasteiger partial charge in [0.25, 0.3) is 0 Å². The highest BCUT2D eigenvalue weighted by Crippen LogP contribution is 2.29. The van der Waals surface area contributed by atoms with Crippen LogP contribution in [0.15, 0.2) is 97.1 Å². The first-order valence-corrected chi connectivity index (χ1v) is 13.9. The fourth-order valence-electron chi connectivity index (χ4n) is 2.72. The van der Waals surface area contributed by atoms with Gasteiger partial charge in [0.05, 0.1) is 0 Å². The van der Waals surface area contributed by atoms with Gasteiger partial charge in [0, 0.05) is 14.3 Å². The molecule has 0 atom stereocenters. The van der Waals surface area contributed by atoms with Crippen LogP contribution >= 0.6 is 90.4 Å². The topological polar surface area (TPSA) is 34.1 Å². The maximum Gasteiger partial charge on any atom is 0.335 e. The molecule has 4 aromatic carbocycles. The van der Waals surface area contributed by atoms with Crippen molar-refractivity contribution in [3.63, 3.8) is 0 Å². The zero-order chi connectivity index (χ0) is 22.6. The minimum absolute atomic E-state index is 0.750. The third-order valence-corrected chi connectivity index (χ3v) is 7.84. The summed E-state index contributed by atoms with van der Waals surface area (Å²) in [7, 11) is 0. The maximum atomic E-state index is 8.29. The summed E-state index contributed by atoms with van der Waals surface area (Å²) in [6.07, 6.45) is 0. The van der Waals surface area contributed by atoms with E-state index in [0.717, 1.165) is 0 Å². The summed E-state index contributed by atoms with van der Waals surface area (Å²) in [6.45, 7) is 0. The first kappa shape index (κ1) is 26.9. The predicted molar refractivity (Wildman–Crippen MR) is 164 cm³/mol. The van der Waals surface area contributed by atoms with E-state index in [9.17, 15) is 0 Å². The van der Waals surface area contributed by atoms with Gasteiger partial charge in [-0.3, -0.25) is 0 Å². The summed E-state index contributed by atoms with van der Waals surface area (Å²) < 4.78 is 21.8. The van der Waals surface area contributed by atoms with Crippen LogP contribution in [0, 0.1) is 14.3 Å². The highest BCUT2D eigenvalue weighted by Gasteiger charge is 2.05. The summed E-state index contributed by atoms with van der Waals surface area (Å²) in [5.41, 5.74) is 5.27. The molecule has 0 aliphatic rings. The number of hydrogen-bond acceptors (Lipinski definition) is 2. The second-order valence-electron chi connectivity index (χ2n) is 5.99. The first-order chi connectivity index (χ1) is 15.0. The zero-order valence-electron chi connectivity index (χ0n) is 16.0. The Morgan fingerprint density at radius 2 is 0.548 bits per heavy atom. The quantitative estimate of drug-likeness (QED) is 0.190. The van der Waals surface area contributed by atoms with Crippen molar-refractivity contribution < 1.29 is 8.42 Å². The molecule has 0 radical (unpaired) electrons. The lowest BCUT2D eigenvalue weighted by atomic mass is 10.1. The lowest BCUT2D eigenvalue weighted by Gasteiger charge is -2.06. The molecular weight excluding hydrogens is 860 g/mol. The molecule has 4 aromatic rings. The third kappa shape index (κ3) is 8.48. The molecule has 0 heterocycles. The second kappa shape index (κ2) is 14.7. The van der Waals surface area contributed by atoms with Gasteiger partial charge in [0.15, 0.2) is 0 Å². The normalized spacial score (nSPS) is 9.55. The highest BCUT2D eigenvalue weighted by atomic mass is 127. The van der Waals surface area contributed by atoms with Gasteiger partial charge in [-0.1, -0.05) is 72.8 Å². The van der Waals surface area contributed by atoms with Crippen LogP contribution in [0.4, 0.5) is 0 Å². The molecule has 0 saturated heterocycles. The lowest BCUT2D eigenvalue weighted by molar-refractivity contribution is 0.630. The van der Waals surface area contributed by atoms with Gasteiger partial charge in [0.2, 0.25) is 0 Å². The minimum Gasteiger partial charge on any atom is -0.168 e. The van der Waals surface area contributed by atoms with Crippen molar-refractivity contribution in [1.29, 1.82) is 0 Å². The largest absolute Gasteiger partial charge is 0.335 e. The van der Waals surface area contributed by atoms with Gasteiger partial charge in [-0.15, -0.1) is 0 Å². The van der Waals surface area contributed by atoms with Crippen molar-refractivity contribution in [1.82, 2.24) is 0 Å². The van der Waals surface area contributed by atoms with Crippen molar-refractivity contribution in [2.45, 2.75) is 0 Å². The van der Waals surface area contributed by atoms with Crippen LogP contribution in [0.3, 0.4) is 0 Å². The predicted octanol–water partition coefficient (Wildman–Crippen LogP) is 8.46. The Bertz CT molecular complexity index is 1000. The molecule has 0 bridgehead atoms. The molecule has 0 N–H and O–H groups in total. The van der Waals surface area contributed by atoms with Gasteiger partial charge >= 0.3 is 11.6 Å². The molecule has 0 fully saturated rings. The Morgan fingerprint density at radius 1 is 0.387 bits per heavy atom. The van der Waals surface area contributed by atoms with Crippen LogP contribution in [0.5, 0.6) is 0 Å². The van der Waals surface area contributed by atoms with E-state index in [0.29, 0.717) is 0 Å². The number of rotatable bonds is 2. The van der Waals surface area contributed by atoms with Crippen molar-refractivity contribution in [3.8, 4) is 22.3 Å². The third-order valence-electron chi connectivity index (χ3n) is 4.08. The van der Waals surface area contributed by atoms with Crippen molar-refractivity contribution in [3.05, 3.63) is 111 Å². The number of halogens is 4. The van der Waals surface area contributed by atoms with Gasteiger partial charge in [0.1, 0.15) is 0 Å². The van der Waals surface area contributed by atoms with Gasteiger partial charge in [-0.25, -0.2) is 0 Å². The van der Waals surface area contributed by atoms with Crippen molar-refractivity contribution >= 4 is 102 Å². The molecule has 7 heteroatoms. The Balaban J connectivity index is 0.000000196. The molecule has 0 aromatic heterocycles. The average molecular weight is 876 g/mol. The van der Waals surface area contributed by atoms with Gasteiger partial charge < -0.3 is 0 Å². The molecule has 4 rings (SSSR count). The fraction of sp³-hybridized carbons (Fsp3) is 0. The SMILES string of the molecule is Ic1ccccc1-c1ccccc1I.Ic1ccccc1-c1ccccc1I.O=S=O. The van der Waals surface area contributed by atoms with Gasteiger partial charge in [-0.05, 0) is 137 Å². The van der Waals surface area contributed by atoms with Crippen LogP contribution in [-0.4, -0.2) is 8.42 Å². The smallest absolute Gasteiger partial charge is 0.168 e. The van der Waals surface area contributed by atoms with Crippen LogP contribution in [0.2, 0.25) is 0 Å². The molecule has 0 unspecified atom stereocenters. The standard InChI is InChI=1S/2C12H8I2.O2S/c2*13-11-7-3-1-5-9(11)10-6-2-4-8-12(10)14;1-3-2/h2*1-8H;. The van der Waals surface area contributed by atoms with Crippen LogP contribution in [0.25, 0.3) is 22.3 Å². The molecule has 158 valence electrons. The summed E-state index contributed by atoms with van der Waals surface area (Å²) in [5.74, 6) is 0. The van der Waals surface area contributed by atoms with E-state index < -0.39 is 11.6 Å². The van der Waals surface area contributed by atoms with E-state index in [1.54, 1.807) is 0 Å². The molecule has 0 aliphatic carbocycles. The van der Waals surface area contributed by atoms with Crippen molar-refractivity contribution in [2.75, 3.05) is 0 Å². The first-order valence-electron chi connectivity index (χ1n) is 8.90. The zero-order valence-corrected chi connectivity index (χ0v) is 25.4. The Kier molecular flexibility index (Phi) is 12.7. The van der Waals surface area contributed by atoms with Crippen LogP contribution < -0.4 is 0 Å². The average Bonchev–Trinajstić information content (AvgIpc) is 2.77. The molecule has 31 heavy (non-hydrogen) atoms. The second-order valence-corrected chi connectivity index (χ2v) is 10.8. The Labute approximate surface area is 240 Å². The minimum atomic E-state index is -0.750. The fourth-order valence-corrected chi connectivity index (χ4v) is 5.43. The monoisotopic (exact) mass is 876 g/mol. The van der Waals surface area contributed by atoms with Crippen molar-refractivity contribution in [2.24, 2.45) is 0 Å². The molecular formula is C24H16I4O2S. The van der Waals surface area contributed by atoms with E-state index >= 15 is 0 Å². The van der Waals surface area contributed by atoms with Crippen LogP contribution in [-0.2, 0) is 11.6 Å². The Hall–Kier alpha value is -0.380. The summed E-state index contributed by atoms with van der Waals surface area (Å²) in [4.78, 5) is 0. The summed E-state index contributed by atoms with van der Waals surface area (Å²) in [5, 5.41) is 0. The maximum absolute atomic E-state index is 8.29. The molecule has 0 saturated carbocycles. The van der Waals surface area contributed by atoms with E-state index in [1.165, 1.54) is 36.5 Å². The molecule has 0 amide bonds. The lowest BCUT2D eigenvalue weighted by Crippen LogP contribution is -1.84. The highest BCUT2D eigenvalue weighted by molar-refractivity contribution is 14.1. The molecule has 2 nitrogen and oxygen atoms in total. The molecule has 0 aliphatic heterocycles. The van der Waals surface area contributed by atoms with E-state index in [4.69, 9.17) is 8.42 Å². The number of hydrogen-bond donors (Lipinski definition) is 0. The van der Waals surface area contributed by atoms with E-state index in [1.807, 2.05) is 0 Å². The van der Waals surface area contributed by atoms with Gasteiger partial charge in [-0.2, -0.15) is 8.42 Å². The van der Waals surface area contributed by atoms with Crippen LogP contribution in [0.1, 0.15) is 0 Å². The van der Waals surface area contributed by atoms with E-state index in [2.05, 4.69) is 187 Å². The summed E-state index contributed by atoms with van der Waals surface area (Å²) in [6, 6.07) is 33.8.